The number of anilines is 1. The molecule has 2 rings (SSSR count). The predicted molar refractivity (Wildman–Crippen MR) is 47.7 cm³/mol. The van der Waals surface area contributed by atoms with E-state index < -0.39 is 0 Å². The maximum Gasteiger partial charge on any atom is 0.182 e. The molecule has 0 fully saturated rings. The third-order valence-corrected chi connectivity index (χ3v) is 2.59. The molecule has 4 heteroatoms. The molecule has 0 bridgehead atoms. The molecular formula is C7H9N3S. The van der Waals surface area contributed by atoms with Gasteiger partial charge in [0.05, 0.1) is 5.69 Å². The number of fused-ring (bicyclic) bond motifs is 1. The smallest absolute Gasteiger partial charge is 0.182 e. The molecule has 0 aromatic carbocycles. The average Bonchev–Trinajstić information content (AvgIpc) is 2.31. The van der Waals surface area contributed by atoms with Crippen molar-refractivity contribution in [3.05, 3.63) is 5.69 Å². The van der Waals surface area contributed by atoms with Gasteiger partial charge in [0.2, 0.25) is 0 Å². The number of hydrogen-bond donors (Lipinski definition) is 1. The van der Waals surface area contributed by atoms with E-state index in [0.717, 1.165) is 17.1 Å². The summed E-state index contributed by atoms with van der Waals surface area (Å²) >= 11 is 1.46. The molecule has 2 N–H and O–H groups in total. The van der Waals surface area contributed by atoms with Crippen LogP contribution in [0.2, 0.25) is 0 Å². The Bertz CT molecular complexity index is 303. The van der Waals surface area contributed by atoms with Crippen LogP contribution in [0.3, 0.4) is 0 Å². The molecule has 1 aromatic heterocycles. The number of rotatable bonds is 0. The second kappa shape index (κ2) is 2.30. The fourth-order valence-electron chi connectivity index (χ4n) is 1.16. The SMILES string of the molecule is CC1CC=Nc2sc(N)nc21. The Morgan fingerprint density at radius 3 is 3.27 bits per heavy atom. The van der Waals surface area contributed by atoms with Crippen molar-refractivity contribution in [1.82, 2.24) is 4.98 Å². The molecule has 2 heterocycles. The van der Waals surface area contributed by atoms with Crippen LogP contribution < -0.4 is 5.73 Å². The van der Waals surface area contributed by atoms with Crippen LogP contribution in [-0.4, -0.2) is 11.2 Å². The molecule has 58 valence electrons. The van der Waals surface area contributed by atoms with E-state index in [9.17, 15) is 0 Å². The van der Waals surface area contributed by atoms with Gasteiger partial charge in [0.1, 0.15) is 5.00 Å². The number of nitrogen functional groups attached to an aromatic ring is 1. The monoisotopic (exact) mass is 167 g/mol. The first-order chi connectivity index (χ1) is 5.27. The van der Waals surface area contributed by atoms with Crippen LogP contribution in [0.15, 0.2) is 4.99 Å². The van der Waals surface area contributed by atoms with E-state index in [-0.39, 0.29) is 0 Å². The maximum absolute atomic E-state index is 5.55. The predicted octanol–water partition coefficient (Wildman–Crippen LogP) is 1.93. The minimum atomic E-state index is 0.482. The van der Waals surface area contributed by atoms with E-state index in [1.165, 1.54) is 11.3 Å². The van der Waals surface area contributed by atoms with Gasteiger partial charge >= 0.3 is 0 Å². The van der Waals surface area contributed by atoms with Crippen LogP contribution in [0.4, 0.5) is 10.1 Å². The summed E-state index contributed by atoms with van der Waals surface area (Å²) in [6, 6.07) is 0. The highest BCUT2D eigenvalue weighted by Gasteiger charge is 2.17. The van der Waals surface area contributed by atoms with Crippen molar-refractivity contribution in [3.63, 3.8) is 0 Å². The number of hydrogen-bond acceptors (Lipinski definition) is 4. The van der Waals surface area contributed by atoms with Crippen LogP contribution in [0, 0.1) is 0 Å². The van der Waals surface area contributed by atoms with Crippen LogP contribution in [-0.2, 0) is 0 Å². The third kappa shape index (κ3) is 1.03. The van der Waals surface area contributed by atoms with Crippen LogP contribution in [0.25, 0.3) is 0 Å². The van der Waals surface area contributed by atoms with Crippen molar-refractivity contribution in [2.75, 3.05) is 5.73 Å². The fraction of sp³-hybridized carbons (Fsp3) is 0.429. The van der Waals surface area contributed by atoms with E-state index >= 15 is 0 Å². The zero-order chi connectivity index (χ0) is 7.84. The Morgan fingerprint density at radius 2 is 2.55 bits per heavy atom. The van der Waals surface area contributed by atoms with Crippen molar-refractivity contribution in [3.8, 4) is 0 Å². The van der Waals surface area contributed by atoms with Crippen LogP contribution in [0.1, 0.15) is 25.0 Å². The third-order valence-electron chi connectivity index (χ3n) is 1.79. The summed E-state index contributed by atoms with van der Waals surface area (Å²) in [5.41, 5.74) is 6.62. The van der Waals surface area contributed by atoms with Gasteiger partial charge in [-0.05, 0) is 6.42 Å². The van der Waals surface area contributed by atoms with E-state index in [1.54, 1.807) is 0 Å². The molecule has 1 aliphatic heterocycles. The minimum absolute atomic E-state index is 0.482. The number of nitrogens with zero attached hydrogens (tertiary/aromatic N) is 2. The molecule has 0 amide bonds. The normalized spacial score (nSPS) is 21.7. The van der Waals surface area contributed by atoms with Gasteiger partial charge in [0.15, 0.2) is 5.13 Å². The zero-order valence-electron chi connectivity index (χ0n) is 6.24. The first-order valence-electron chi connectivity index (χ1n) is 3.56. The Balaban J connectivity index is 2.53. The minimum Gasteiger partial charge on any atom is -0.375 e. The zero-order valence-corrected chi connectivity index (χ0v) is 7.06. The van der Waals surface area contributed by atoms with Gasteiger partial charge in [-0.3, -0.25) is 0 Å². The van der Waals surface area contributed by atoms with Crippen molar-refractivity contribution < 1.29 is 0 Å². The summed E-state index contributed by atoms with van der Waals surface area (Å²) < 4.78 is 0. The fourth-order valence-corrected chi connectivity index (χ4v) is 1.98. The topological polar surface area (TPSA) is 51.3 Å². The highest BCUT2D eigenvalue weighted by molar-refractivity contribution is 7.19. The Hall–Kier alpha value is -0.900. The van der Waals surface area contributed by atoms with Gasteiger partial charge in [-0.15, -0.1) is 0 Å². The molecule has 0 radical (unpaired) electrons. The lowest BCUT2D eigenvalue weighted by Gasteiger charge is -2.09. The summed E-state index contributed by atoms with van der Waals surface area (Å²) in [5, 5.41) is 1.61. The number of nitrogens with two attached hydrogens (primary N) is 1. The van der Waals surface area contributed by atoms with Crippen LogP contribution >= 0.6 is 11.3 Å². The summed E-state index contributed by atoms with van der Waals surface area (Å²) in [4.78, 5) is 8.43. The summed E-state index contributed by atoms with van der Waals surface area (Å²) in [6.07, 6.45) is 2.92. The van der Waals surface area contributed by atoms with E-state index in [2.05, 4.69) is 16.9 Å². The van der Waals surface area contributed by atoms with Gasteiger partial charge in [0.25, 0.3) is 0 Å². The largest absolute Gasteiger partial charge is 0.375 e. The second-order valence-electron chi connectivity index (χ2n) is 2.69. The first-order valence-corrected chi connectivity index (χ1v) is 4.37. The first kappa shape index (κ1) is 6.79. The quantitative estimate of drug-likeness (QED) is 0.642. The molecule has 0 saturated heterocycles. The molecule has 3 nitrogen and oxygen atoms in total. The number of thiazole rings is 1. The standard InChI is InChI=1S/C7H9N3S/c1-4-2-3-9-6-5(4)10-7(8)11-6/h3-4H,2H2,1H3,(H2,8,10). The molecule has 1 unspecified atom stereocenters. The van der Waals surface area contributed by atoms with E-state index in [0.29, 0.717) is 11.0 Å². The van der Waals surface area contributed by atoms with Crippen LogP contribution in [0.5, 0.6) is 0 Å². The lowest BCUT2D eigenvalue weighted by Crippen LogP contribution is -1.99. The molecule has 0 saturated carbocycles. The summed E-state index contributed by atoms with van der Waals surface area (Å²) in [7, 11) is 0. The number of aliphatic imine (C=N–C) groups is 1. The maximum atomic E-state index is 5.55. The molecule has 0 spiro atoms. The van der Waals surface area contributed by atoms with Gasteiger partial charge < -0.3 is 5.73 Å². The Labute approximate surface area is 69.0 Å². The van der Waals surface area contributed by atoms with Crippen molar-refractivity contribution in [2.24, 2.45) is 4.99 Å². The summed E-state index contributed by atoms with van der Waals surface area (Å²) in [6.45, 7) is 2.14. The molecular weight excluding hydrogens is 158 g/mol. The van der Waals surface area contributed by atoms with E-state index in [1.807, 2.05) is 6.21 Å². The van der Waals surface area contributed by atoms with Gasteiger partial charge in [0, 0.05) is 12.1 Å². The van der Waals surface area contributed by atoms with E-state index in [4.69, 9.17) is 5.73 Å². The molecule has 11 heavy (non-hydrogen) atoms. The second-order valence-corrected chi connectivity index (χ2v) is 3.70. The molecule has 0 aliphatic carbocycles. The Kier molecular flexibility index (Phi) is 1.42. The highest BCUT2D eigenvalue weighted by atomic mass is 32.1. The molecule has 1 aromatic rings. The number of aromatic nitrogens is 1. The van der Waals surface area contributed by atoms with Gasteiger partial charge in [-0.1, -0.05) is 18.3 Å². The van der Waals surface area contributed by atoms with Gasteiger partial charge in [-0.2, -0.15) is 0 Å². The van der Waals surface area contributed by atoms with Crippen molar-refractivity contribution >= 4 is 27.7 Å². The Morgan fingerprint density at radius 1 is 1.73 bits per heavy atom. The van der Waals surface area contributed by atoms with Crippen molar-refractivity contribution in [2.45, 2.75) is 19.3 Å². The highest BCUT2D eigenvalue weighted by Crippen LogP contribution is 2.37. The average molecular weight is 167 g/mol. The lowest BCUT2D eigenvalue weighted by molar-refractivity contribution is 0.777. The lowest BCUT2D eigenvalue weighted by atomic mass is 10.0. The molecule has 1 aliphatic rings. The van der Waals surface area contributed by atoms with Crippen molar-refractivity contribution in [1.29, 1.82) is 0 Å². The summed E-state index contributed by atoms with van der Waals surface area (Å²) in [5.74, 6) is 0.482. The molecule has 1 atom stereocenters. The van der Waals surface area contributed by atoms with Gasteiger partial charge in [-0.25, -0.2) is 9.98 Å².